The van der Waals surface area contributed by atoms with Crippen LogP contribution in [0, 0.1) is 12.7 Å². The van der Waals surface area contributed by atoms with Crippen molar-refractivity contribution in [3.05, 3.63) is 57.8 Å². The second-order valence-corrected chi connectivity index (χ2v) is 5.72. The molecule has 3 aromatic rings. The lowest BCUT2D eigenvalue weighted by Gasteiger charge is -2.13. The van der Waals surface area contributed by atoms with E-state index in [1.165, 1.54) is 34.2 Å². The summed E-state index contributed by atoms with van der Waals surface area (Å²) in [6.07, 6.45) is 1.46. The van der Waals surface area contributed by atoms with E-state index in [1.807, 2.05) is 13.0 Å². The Kier molecular flexibility index (Phi) is 3.42. The topological polar surface area (TPSA) is 59.3 Å². The van der Waals surface area contributed by atoms with Crippen molar-refractivity contribution in [3.8, 4) is 0 Å². The van der Waals surface area contributed by atoms with Crippen LogP contribution in [0.4, 0.5) is 9.52 Å². The maximum absolute atomic E-state index is 13.6. The van der Waals surface area contributed by atoms with Crippen LogP contribution in [0.1, 0.15) is 24.1 Å². The average Bonchev–Trinajstić information content (AvgIpc) is 2.86. The minimum atomic E-state index is -0.233. The second kappa shape index (κ2) is 5.25. The lowest BCUT2D eigenvalue weighted by atomic mass is 10.1. The molecule has 2 aromatic heterocycles. The van der Waals surface area contributed by atoms with Gasteiger partial charge in [0.25, 0.3) is 5.56 Å². The molecule has 0 bridgehead atoms. The van der Waals surface area contributed by atoms with Crippen molar-refractivity contribution in [2.75, 3.05) is 5.32 Å². The molecule has 0 aliphatic rings. The lowest BCUT2D eigenvalue weighted by molar-refractivity contribution is 0.614. The molecular weight excluding hydrogens is 291 g/mol. The van der Waals surface area contributed by atoms with E-state index in [0.29, 0.717) is 15.7 Å². The summed E-state index contributed by atoms with van der Waals surface area (Å²) in [5, 5.41) is 7.90. The molecule has 108 valence electrons. The van der Waals surface area contributed by atoms with Crippen molar-refractivity contribution in [1.29, 1.82) is 0 Å². The second-order valence-electron chi connectivity index (χ2n) is 4.76. The molecule has 1 unspecified atom stereocenters. The number of hydrogen-bond acceptors (Lipinski definition) is 5. The maximum Gasteiger partial charge on any atom is 0.275 e. The predicted molar refractivity (Wildman–Crippen MR) is 80.3 cm³/mol. The average molecular weight is 304 g/mol. The largest absolute Gasteiger partial charge is 0.354 e. The van der Waals surface area contributed by atoms with Crippen molar-refractivity contribution in [2.45, 2.75) is 19.9 Å². The molecule has 0 spiro atoms. The molecule has 7 heteroatoms. The first kappa shape index (κ1) is 13.7. The van der Waals surface area contributed by atoms with E-state index in [2.05, 4.69) is 15.4 Å². The van der Waals surface area contributed by atoms with Crippen LogP contribution in [0.3, 0.4) is 0 Å². The van der Waals surface area contributed by atoms with Crippen molar-refractivity contribution < 1.29 is 4.39 Å². The van der Waals surface area contributed by atoms with Gasteiger partial charge in [-0.2, -0.15) is 4.52 Å². The number of aryl methyl sites for hydroxylation is 1. The summed E-state index contributed by atoms with van der Waals surface area (Å²) < 4.78 is 14.8. The molecule has 0 saturated heterocycles. The van der Waals surface area contributed by atoms with E-state index >= 15 is 0 Å². The van der Waals surface area contributed by atoms with Gasteiger partial charge in [0.1, 0.15) is 5.82 Å². The third-order valence-corrected chi connectivity index (χ3v) is 4.06. The highest BCUT2D eigenvalue weighted by atomic mass is 32.1. The van der Waals surface area contributed by atoms with Gasteiger partial charge in [-0.15, -0.1) is 5.10 Å². The van der Waals surface area contributed by atoms with Crippen molar-refractivity contribution >= 4 is 21.4 Å². The van der Waals surface area contributed by atoms with Crippen LogP contribution in [0.5, 0.6) is 0 Å². The number of nitrogens with zero attached hydrogens (tertiary/aromatic N) is 3. The Labute approximate surface area is 124 Å². The van der Waals surface area contributed by atoms with Crippen LogP contribution < -0.4 is 10.9 Å². The number of anilines is 1. The Morgan fingerprint density at radius 1 is 1.38 bits per heavy atom. The van der Waals surface area contributed by atoms with Gasteiger partial charge in [0, 0.05) is 12.3 Å². The first-order valence-corrected chi connectivity index (χ1v) is 7.24. The summed E-state index contributed by atoms with van der Waals surface area (Å²) in [6, 6.07) is 6.34. The van der Waals surface area contributed by atoms with Crippen molar-refractivity contribution in [1.82, 2.24) is 14.6 Å². The molecule has 0 saturated carbocycles. The molecular formula is C14H13FN4OS. The molecule has 0 radical (unpaired) electrons. The van der Waals surface area contributed by atoms with Gasteiger partial charge in [0.05, 0.1) is 6.04 Å². The van der Waals surface area contributed by atoms with Gasteiger partial charge in [0.2, 0.25) is 10.1 Å². The summed E-state index contributed by atoms with van der Waals surface area (Å²) in [6.45, 7) is 3.63. The number of rotatable bonds is 3. The van der Waals surface area contributed by atoms with Crippen LogP contribution in [0.25, 0.3) is 4.96 Å². The molecule has 1 atom stereocenters. The van der Waals surface area contributed by atoms with Gasteiger partial charge < -0.3 is 5.32 Å². The van der Waals surface area contributed by atoms with Crippen LogP contribution in [0.15, 0.2) is 35.3 Å². The number of halogens is 1. The van der Waals surface area contributed by atoms with Gasteiger partial charge in [-0.3, -0.25) is 4.79 Å². The summed E-state index contributed by atoms with van der Waals surface area (Å²) >= 11 is 1.28. The molecule has 0 aliphatic carbocycles. The highest BCUT2D eigenvalue weighted by molar-refractivity contribution is 7.20. The fourth-order valence-corrected chi connectivity index (χ4v) is 2.81. The highest BCUT2D eigenvalue weighted by Crippen LogP contribution is 2.23. The number of hydrogen-bond donors (Lipinski definition) is 1. The van der Waals surface area contributed by atoms with Crippen LogP contribution >= 0.6 is 11.3 Å². The molecule has 2 heterocycles. The van der Waals surface area contributed by atoms with E-state index in [0.717, 1.165) is 5.56 Å². The Balaban J connectivity index is 1.88. The van der Waals surface area contributed by atoms with E-state index < -0.39 is 0 Å². The SMILES string of the molecule is Cc1ccc(C(C)Nc2nn3c(=O)ccnc3s2)cc1F. The highest BCUT2D eigenvalue weighted by Gasteiger charge is 2.11. The monoisotopic (exact) mass is 304 g/mol. The number of aromatic nitrogens is 3. The first-order chi connectivity index (χ1) is 10.0. The quantitative estimate of drug-likeness (QED) is 0.808. The zero-order chi connectivity index (χ0) is 15.0. The Morgan fingerprint density at radius 2 is 2.19 bits per heavy atom. The summed E-state index contributed by atoms with van der Waals surface area (Å²) in [4.78, 5) is 16.2. The van der Waals surface area contributed by atoms with Crippen molar-refractivity contribution in [2.24, 2.45) is 0 Å². The Hall–Kier alpha value is -2.28. The van der Waals surface area contributed by atoms with Crippen molar-refractivity contribution in [3.63, 3.8) is 0 Å². The Morgan fingerprint density at radius 3 is 2.90 bits per heavy atom. The van der Waals surface area contributed by atoms with Gasteiger partial charge in [-0.05, 0) is 31.0 Å². The van der Waals surface area contributed by atoms with E-state index in [-0.39, 0.29) is 17.4 Å². The fourth-order valence-electron chi connectivity index (χ4n) is 1.95. The van der Waals surface area contributed by atoms with E-state index in [9.17, 15) is 9.18 Å². The lowest BCUT2D eigenvalue weighted by Crippen LogP contribution is -2.13. The third-order valence-electron chi connectivity index (χ3n) is 3.21. The van der Waals surface area contributed by atoms with Crippen LogP contribution in [-0.2, 0) is 0 Å². The molecule has 0 amide bonds. The standard InChI is InChI=1S/C14H13FN4OS/c1-8-3-4-10(7-11(8)15)9(2)17-13-18-19-12(20)5-6-16-14(19)21-13/h3-7,9H,1-2H3,(H,17,18). The minimum absolute atomic E-state index is 0.128. The predicted octanol–water partition coefficient (Wildman–Crippen LogP) is 2.77. The number of fused-ring (bicyclic) bond motifs is 1. The van der Waals surface area contributed by atoms with Gasteiger partial charge in [-0.1, -0.05) is 23.5 Å². The first-order valence-electron chi connectivity index (χ1n) is 6.42. The number of benzene rings is 1. The molecule has 0 aliphatic heterocycles. The normalized spacial score (nSPS) is 12.5. The van der Waals surface area contributed by atoms with Crippen LogP contribution in [-0.4, -0.2) is 14.6 Å². The third kappa shape index (κ3) is 2.64. The van der Waals surface area contributed by atoms with Gasteiger partial charge in [-0.25, -0.2) is 9.37 Å². The molecule has 3 rings (SSSR count). The zero-order valence-electron chi connectivity index (χ0n) is 11.5. The number of nitrogens with one attached hydrogen (secondary N) is 1. The van der Waals surface area contributed by atoms with Crippen LogP contribution in [0.2, 0.25) is 0 Å². The molecule has 21 heavy (non-hydrogen) atoms. The van der Waals surface area contributed by atoms with E-state index in [1.54, 1.807) is 13.0 Å². The Bertz CT molecular complexity index is 858. The molecule has 1 N–H and O–H groups in total. The molecule has 0 fully saturated rings. The maximum atomic E-state index is 13.6. The smallest absolute Gasteiger partial charge is 0.275 e. The summed E-state index contributed by atoms with van der Waals surface area (Å²) in [5.41, 5.74) is 1.21. The van der Waals surface area contributed by atoms with Gasteiger partial charge >= 0.3 is 0 Å². The zero-order valence-corrected chi connectivity index (χ0v) is 12.3. The summed E-state index contributed by atoms with van der Waals surface area (Å²) in [7, 11) is 0. The molecule has 1 aromatic carbocycles. The van der Waals surface area contributed by atoms with E-state index in [4.69, 9.17) is 0 Å². The van der Waals surface area contributed by atoms with Gasteiger partial charge in [0.15, 0.2) is 0 Å². The minimum Gasteiger partial charge on any atom is -0.354 e. The molecule has 5 nitrogen and oxygen atoms in total. The fraction of sp³-hybridized carbons (Fsp3) is 0.214. The summed E-state index contributed by atoms with van der Waals surface area (Å²) in [5.74, 6) is -0.233.